The fraction of sp³-hybridized carbons (Fsp3) is 0.125. The molecule has 2 rings (SSSR count). The Balaban J connectivity index is 2.44. The van der Waals surface area contributed by atoms with Gasteiger partial charge in [0.2, 0.25) is 0 Å². The second-order valence-corrected chi connectivity index (χ2v) is 4.23. The molecule has 2 aromatic carbocycles. The summed E-state index contributed by atoms with van der Waals surface area (Å²) in [6, 6.07) is 17.1. The molecule has 0 aromatic heterocycles. The standard InChI is InChI=1S/C16H16/c1-12(2)15-5-4-6-16(11-15)14-9-7-13(3)8-10-14/h4-11H,1H2,2-3H3. The van der Waals surface area contributed by atoms with Crippen LogP contribution in [0.1, 0.15) is 18.1 Å². The van der Waals surface area contributed by atoms with Crippen LogP contribution in [0.2, 0.25) is 0 Å². The number of hydrogen-bond donors (Lipinski definition) is 0. The maximum Gasteiger partial charge on any atom is -0.0178 e. The molecular weight excluding hydrogens is 192 g/mol. The van der Waals surface area contributed by atoms with Crippen molar-refractivity contribution in [3.05, 3.63) is 66.2 Å². The highest BCUT2D eigenvalue weighted by molar-refractivity contribution is 5.70. The third-order valence-corrected chi connectivity index (χ3v) is 2.74. The van der Waals surface area contributed by atoms with Crippen LogP contribution in [0.25, 0.3) is 16.7 Å². The summed E-state index contributed by atoms with van der Waals surface area (Å²) >= 11 is 0. The molecule has 0 spiro atoms. The van der Waals surface area contributed by atoms with E-state index < -0.39 is 0 Å². The first-order chi connectivity index (χ1) is 7.66. The number of allylic oxidation sites excluding steroid dienone is 1. The average Bonchev–Trinajstić information content (AvgIpc) is 2.30. The highest BCUT2D eigenvalue weighted by Crippen LogP contribution is 2.23. The molecule has 0 fully saturated rings. The van der Waals surface area contributed by atoms with Gasteiger partial charge in [-0.3, -0.25) is 0 Å². The van der Waals surface area contributed by atoms with E-state index >= 15 is 0 Å². The van der Waals surface area contributed by atoms with Crippen LogP contribution in [0.15, 0.2) is 55.1 Å². The second-order valence-electron chi connectivity index (χ2n) is 4.23. The van der Waals surface area contributed by atoms with Crippen molar-refractivity contribution in [1.82, 2.24) is 0 Å². The molecule has 0 nitrogen and oxygen atoms in total. The molecule has 0 heteroatoms. The minimum atomic E-state index is 1.11. The molecule has 0 amide bonds. The van der Waals surface area contributed by atoms with Crippen LogP contribution in [-0.2, 0) is 0 Å². The molecule has 0 heterocycles. The monoisotopic (exact) mass is 208 g/mol. The maximum absolute atomic E-state index is 3.97. The zero-order chi connectivity index (χ0) is 11.5. The summed E-state index contributed by atoms with van der Waals surface area (Å²) < 4.78 is 0. The largest absolute Gasteiger partial charge is 0.0955 e. The van der Waals surface area contributed by atoms with Crippen LogP contribution < -0.4 is 0 Å². The Morgan fingerprint density at radius 2 is 1.62 bits per heavy atom. The van der Waals surface area contributed by atoms with Crippen molar-refractivity contribution in [2.75, 3.05) is 0 Å². The van der Waals surface area contributed by atoms with E-state index in [1.807, 2.05) is 6.92 Å². The Kier molecular flexibility index (Phi) is 2.91. The number of aryl methyl sites for hydroxylation is 1. The van der Waals surface area contributed by atoms with Crippen LogP contribution in [0.4, 0.5) is 0 Å². The van der Waals surface area contributed by atoms with Crippen molar-refractivity contribution in [2.45, 2.75) is 13.8 Å². The molecule has 0 radical (unpaired) electrons. The van der Waals surface area contributed by atoms with Crippen molar-refractivity contribution in [2.24, 2.45) is 0 Å². The Bertz CT molecular complexity index is 504. The summed E-state index contributed by atoms with van der Waals surface area (Å²) in [5.41, 5.74) is 6.11. The minimum absolute atomic E-state index is 1.11. The van der Waals surface area contributed by atoms with Crippen LogP contribution in [0, 0.1) is 6.92 Å². The first-order valence-electron chi connectivity index (χ1n) is 5.50. The predicted molar refractivity (Wildman–Crippen MR) is 71.3 cm³/mol. The van der Waals surface area contributed by atoms with Crippen molar-refractivity contribution in [3.63, 3.8) is 0 Å². The quantitative estimate of drug-likeness (QED) is 0.671. The molecule has 0 unspecified atom stereocenters. The molecule has 80 valence electrons. The van der Waals surface area contributed by atoms with Crippen molar-refractivity contribution in [1.29, 1.82) is 0 Å². The Labute approximate surface area is 97.3 Å². The van der Waals surface area contributed by atoms with Gasteiger partial charge < -0.3 is 0 Å². The van der Waals surface area contributed by atoms with Gasteiger partial charge in [0.1, 0.15) is 0 Å². The van der Waals surface area contributed by atoms with Crippen LogP contribution in [0.5, 0.6) is 0 Å². The molecular formula is C16H16. The third kappa shape index (κ3) is 2.22. The predicted octanol–water partition coefficient (Wildman–Crippen LogP) is 4.70. The molecule has 0 aliphatic rings. The molecule has 0 saturated carbocycles. The van der Waals surface area contributed by atoms with E-state index in [2.05, 4.69) is 62.0 Å². The Hall–Kier alpha value is -1.82. The normalized spacial score (nSPS) is 10.1. The van der Waals surface area contributed by atoms with Crippen molar-refractivity contribution < 1.29 is 0 Å². The smallest absolute Gasteiger partial charge is 0.0178 e. The van der Waals surface area contributed by atoms with E-state index in [0.717, 1.165) is 5.57 Å². The summed E-state index contributed by atoms with van der Waals surface area (Å²) in [5.74, 6) is 0. The van der Waals surface area contributed by atoms with Crippen LogP contribution in [-0.4, -0.2) is 0 Å². The molecule has 2 aromatic rings. The highest BCUT2D eigenvalue weighted by atomic mass is 14.0. The van der Waals surface area contributed by atoms with Gasteiger partial charge in [-0.15, -0.1) is 0 Å². The zero-order valence-corrected chi connectivity index (χ0v) is 9.83. The summed E-state index contributed by atoms with van der Waals surface area (Å²) in [6.07, 6.45) is 0. The maximum atomic E-state index is 3.97. The summed E-state index contributed by atoms with van der Waals surface area (Å²) in [5, 5.41) is 0. The van der Waals surface area contributed by atoms with Gasteiger partial charge >= 0.3 is 0 Å². The summed E-state index contributed by atoms with van der Waals surface area (Å²) in [6.45, 7) is 8.12. The third-order valence-electron chi connectivity index (χ3n) is 2.74. The first kappa shape index (κ1) is 10.7. The van der Waals surface area contributed by atoms with Crippen molar-refractivity contribution >= 4 is 5.57 Å². The van der Waals surface area contributed by atoms with Crippen molar-refractivity contribution in [3.8, 4) is 11.1 Å². The lowest BCUT2D eigenvalue weighted by atomic mass is 10.00. The fourth-order valence-electron chi connectivity index (χ4n) is 1.71. The van der Waals surface area contributed by atoms with Crippen LogP contribution >= 0.6 is 0 Å². The van der Waals surface area contributed by atoms with Gasteiger partial charge in [0.05, 0.1) is 0 Å². The molecule has 0 aliphatic heterocycles. The summed E-state index contributed by atoms with van der Waals surface area (Å²) in [7, 11) is 0. The lowest BCUT2D eigenvalue weighted by Gasteiger charge is -2.05. The van der Waals surface area contributed by atoms with Gasteiger partial charge in [-0.2, -0.15) is 0 Å². The van der Waals surface area contributed by atoms with E-state index in [1.165, 1.54) is 22.3 Å². The zero-order valence-electron chi connectivity index (χ0n) is 9.83. The van der Waals surface area contributed by atoms with E-state index in [9.17, 15) is 0 Å². The molecule has 0 bridgehead atoms. The van der Waals surface area contributed by atoms with Gasteiger partial charge in [-0.05, 0) is 36.6 Å². The average molecular weight is 208 g/mol. The van der Waals surface area contributed by atoms with E-state index in [0.29, 0.717) is 0 Å². The highest BCUT2D eigenvalue weighted by Gasteiger charge is 1.99. The van der Waals surface area contributed by atoms with Gasteiger partial charge in [-0.1, -0.05) is 60.2 Å². The molecule has 0 saturated heterocycles. The van der Waals surface area contributed by atoms with Gasteiger partial charge in [-0.25, -0.2) is 0 Å². The van der Waals surface area contributed by atoms with E-state index in [1.54, 1.807) is 0 Å². The SMILES string of the molecule is C=C(C)c1cccc(-c2ccc(C)cc2)c1. The van der Waals surface area contributed by atoms with E-state index in [4.69, 9.17) is 0 Å². The fourth-order valence-corrected chi connectivity index (χ4v) is 1.71. The van der Waals surface area contributed by atoms with Gasteiger partial charge in [0.15, 0.2) is 0 Å². The topological polar surface area (TPSA) is 0 Å². The van der Waals surface area contributed by atoms with Gasteiger partial charge in [0.25, 0.3) is 0 Å². The minimum Gasteiger partial charge on any atom is -0.0955 e. The second kappa shape index (κ2) is 4.36. The lowest BCUT2D eigenvalue weighted by molar-refractivity contribution is 1.46. The van der Waals surface area contributed by atoms with Gasteiger partial charge in [0, 0.05) is 0 Å². The molecule has 0 atom stereocenters. The Morgan fingerprint density at radius 3 is 2.25 bits per heavy atom. The summed E-state index contributed by atoms with van der Waals surface area (Å²) in [4.78, 5) is 0. The first-order valence-corrected chi connectivity index (χ1v) is 5.50. The van der Waals surface area contributed by atoms with E-state index in [-0.39, 0.29) is 0 Å². The molecule has 0 aliphatic carbocycles. The number of hydrogen-bond acceptors (Lipinski definition) is 0. The number of rotatable bonds is 2. The Morgan fingerprint density at radius 1 is 0.938 bits per heavy atom. The molecule has 0 N–H and O–H groups in total. The van der Waals surface area contributed by atoms with Crippen LogP contribution in [0.3, 0.4) is 0 Å². The number of benzene rings is 2. The lowest BCUT2D eigenvalue weighted by Crippen LogP contribution is -1.82. The molecule has 16 heavy (non-hydrogen) atoms.